The number of aromatic amines is 2. The summed E-state index contributed by atoms with van der Waals surface area (Å²) < 4.78 is 1.23. The Morgan fingerprint density at radius 1 is 1.47 bits per heavy atom. The lowest BCUT2D eigenvalue weighted by atomic mass is 10.5. The highest BCUT2D eigenvalue weighted by Crippen LogP contribution is 2.12. The lowest BCUT2D eigenvalue weighted by Gasteiger charge is -1.98. The molecule has 0 saturated heterocycles. The molecule has 9 nitrogen and oxygen atoms in total. The molecule has 0 aliphatic heterocycles. The second kappa shape index (κ2) is 3.70. The van der Waals surface area contributed by atoms with Crippen LogP contribution in [-0.4, -0.2) is 24.4 Å². The van der Waals surface area contributed by atoms with Crippen LogP contribution < -0.4 is 11.2 Å². The van der Waals surface area contributed by atoms with Gasteiger partial charge >= 0.3 is 11.5 Å². The van der Waals surface area contributed by atoms with Gasteiger partial charge in [-0.1, -0.05) is 0 Å². The number of aromatic nitrogens is 4. The van der Waals surface area contributed by atoms with E-state index >= 15 is 0 Å². The highest BCUT2D eigenvalue weighted by molar-refractivity contribution is 5.31. The van der Waals surface area contributed by atoms with Crippen LogP contribution in [0.3, 0.4) is 0 Å². The molecule has 0 aliphatic rings. The second-order valence-electron chi connectivity index (χ2n) is 3.23. The molecule has 0 unspecified atom stereocenters. The van der Waals surface area contributed by atoms with E-state index in [0.29, 0.717) is 0 Å². The van der Waals surface area contributed by atoms with Crippen molar-refractivity contribution in [1.82, 2.24) is 19.5 Å². The second-order valence-corrected chi connectivity index (χ2v) is 3.23. The summed E-state index contributed by atoms with van der Waals surface area (Å²) in [6, 6.07) is 0. The molecule has 0 aliphatic carbocycles. The third kappa shape index (κ3) is 1.85. The van der Waals surface area contributed by atoms with E-state index in [1.165, 1.54) is 17.7 Å². The fourth-order valence-corrected chi connectivity index (χ4v) is 1.37. The van der Waals surface area contributed by atoms with Crippen LogP contribution in [0.15, 0.2) is 22.0 Å². The van der Waals surface area contributed by atoms with Crippen LogP contribution in [-0.2, 0) is 0 Å². The quantitative estimate of drug-likeness (QED) is 0.536. The molecule has 88 valence electrons. The molecule has 0 aromatic carbocycles. The normalized spacial score (nSPS) is 10.4. The number of H-pyrrole nitrogens is 2. The third-order valence-corrected chi connectivity index (χ3v) is 2.12. The van der Waals surface area contributed by atoms with E-state index in [1.54, 1.807) is 0 Å². The van der Waals surface area contributed by atoms with Crippen molar-refractivity contribution in [2.75, 3.05) is 0 Å². The first-order chi connectivity index (χ1) is 7.99. The topological polar surface area (TPSA) is 127 Å². The first-order valence-corrected chi connectivity index (χ1v) is 4.52. The van der Waals surface area contributed by atoms with Gasteiger partial charge in [-0.25, -0.2) is 4.79 Å². The van der Waals surface area contributed by atoms with Crippen LogP contribution in [0.4, 0.5) is 5.82 Å². The van der Waals surface area contributed by atoms with Crippen molar-refractivity contribution in [1.29, 1.82) is 0 Å². The Hall–Kier alpha value is -2.71. The molecule has 0 atom stereocenters. The van der Waals surface area contributed by atoms with Gasteiger partial charge in [-0.2, -0.15) is 0 Å². The largest absolute Gasteiger partial charge is 0.382 e. The van der Waals surface area contributed by atoms with Crippen LogP contribution in [0.2, 0.25) is 0 Å². The van der Waals surface area contributed by atoms with E-state index in [9.17, 15) is 19.7 Å². The molecule has 0 fully saturated rings. The molecular weight excluding hydrogens is 230 g/mol. The summed E-state index contributed by atoms with van der Waals surface area (Å²) in [6.07, 6.45) is 2.28. The molecule has 0 spiro atoms. The maximum atomic E-state index is 11.5. The molecule has 0 radical (unpaired) electrons. The Balaban J connectivity index is 2.64. The van der Waals surface area contributed by atoms with Gasteiger partial charge in [0.05, 0.1) is 0 Å². The molecular formula is C8H7N5O4. The first kappa shape index (κ1) is 10.8. The highest BCUT2D eigenvalue weighted by Gasteiger charge is 2.17. The van der Waals surface area contributed by atoms with Crippen LogP contribution in [0.25, 0.3) is 5.69 Å². The third-order valence-electron chi connectivity index (χ3n) is 2.12. The maximum absolute atomic E-state index is 11.5. The van der Waals surface area contributed by atoms with Gasteiger partial charge in [-0.15, -0.1) is 0 Å². The number of nitrogens with one attached hydrogen (secondary N) is 2. The monoisotopic (exact) mass is 237 g/mol. The number of rotatable bonds is 2. The summed E-state index contributed by atoms with van der Waals surface area (Å²) in [4.78, 5) is 40.1. The average Bonchev–Trinajstić information content (AvgIpc) is 2.61. The number of imidazole rings is 1. The summed E-state index contributed by atoms with van der Waals surface area (Å²) in [7, 11) is 0. The summed E-state index contributed by atoms with van der Waals surface area (Å²) in [5, 5.41) is 10.5. The zero-order valence-corrected chi connectivity index (χ0v) is 8.63. The lowest BCUT2D eigenvalue weighted by Crippen LogP contribution is -2.25. The van der Waals surface area contributed by atoms with Gasteiger partial charge in [0, 0.05) is 13.1 Å². The highest BCUT2D eigenvalue weighted by atomic mass is 16.6. The van der Waals surface area contributed by atoms with Gasteiger partial charge in [0.25, 0.3) is 5.56 Å². The van der Waals surface area contributed by atoms with Crippen LogP contribution >= 0.6 is 0 Å². The Kier molecular flexibility index (Phi) is 2.35. The Morgan fingerprint density at radius 2 is 2.18 bits per heavy atom. The lowest BCUT2D eigenvalue weighted by molar-refractivity contribution is -0.389. The summed E-state index contributed by atoms with van der Waals surface area (Å²) in [6.45, 7) is 1.51. The number of nitro groups is 1. The molecule has 0 amide bonds. The zero-order chi connectivity index (χ0) is 12.6. The standard InChI is InChI=1S/C8H7N5O4/c1-4-10-6(13(16)17)3-12(4)5-2-9-8(15)11-7(5)14/h2-3H,1H3,(H2,9,11,14,15). The molecule has 0 bridgehead atoms. The smallest absolute Gasteiger partial charge is 0.358 e. The SMILES string of the molecule is Cc1nc([N+](=O)[O-])cn1-c1c[nH]c(=O)[nH]c1=O. The average molecular weight is 237 g/mol. The van der Waals surface area contributed by atoms with Crippen LogP contribution in [0.1, 0.15) is 5.82 Å². The van der Waals surface area contributed by atoms with Gasteiger partial charge in [-0.05, 0) is 9.91 Å². The summed E-state index contributed by atoms with van der Waals surface area (Å²) in [5.41, 5.74) is -1.24. The van der Waals surface area contributed by atoms with Crippen molar-refractivity contribution in [3.8, 4) is 5.69 Å². The first-order valence-electron chi connectivity index (χ1n) is 4.52. The van der Waals surface area contributed by atoms with Crippen molar-refractivity contribution in [3.05, 3.63) is 49.2 Å². The van der Waals surface area contributed by atoms with Crippen molar-refractivity contribution < 1.29 is 4.92 Å². The van der Waals surface area contributed by atoms with Gasteiger partial charge in [0.15, 0.2) is 0 Å². The summed E-state index contributed by atoms with van der Waals surface area (Å²) in [5.74, 6) is -0.0950. The van der Waals surface area contributed by atoms with E-state index in [2.05, 4.69) is 9.97 Å². The van der Waals surface area contributed by atoms with E-state index in [-0.39, 0.29) is 17.3 Å². The Labute approximate surface area is 92.9 Å². The molecule has 2 aromatic heterocycles. The Morgan fingerprint density at radius 3 is 2.71 bits per heavy atom. The molecule has 2 rings (SSSR count). The van der Waals surface area contributed by atoms with Crippen molar-refractivity contribution in [2.24, 2.45) is 0 Å². The molecule has 2 N–H and O–H groups in total. The van der Waals surface area contributed by atoms with E-state index in [1.807, 2.05) is 4.98 Å². The Bertz CT molecular complexity index is 694. The van der Waals surface area contributed by atoms with Gasteiger partial charge in [-0.3, -0.25) is 14.3 Å². The van der Waals surface area contributed by atoms with Gasteiger partial charge in [0.1, 0.15) is 11.9 Å². The maximum Gasteiger partial charge on any atom is 0.382 e. The van der Waals surface area contributed by atoms with Crippen molar-refractivity contribution >= 4 is 5.82 Å². The van der Waals surface area contributed by atoms with Crippen molar-refractivity contribution in [2.45, 2.75) is 6.92 Å². The van der Waals surface area contributed by atoms with Crippen molar-refractivity contribution in [3.63, 3.8) is 0 Å². The van der Waals surface area contributed by atoms with Gasteiger partial charge < -0.3 is 15.1 Å². The predicted molar refractivity (Wildman–Crippen MR) is 56.2 cm³/mol. The minimum Gasteiger partial charge on any atom is -0.358 e. The molecule has 0 saturated carbocycles. The number of hydrogen-bond donors (Lipinski definition) is 2. The number of hydrogen-bond acceptors (Lipinski definition) is 5. The van der Waals surface area contributed by atoms with Gasteiger partial charge in [0.2, 0.25) is 5.82 Å². The molecule has 17 heavy (non-hydrogen) atoms. The fourth-order valence-electron chi connectivity index (χ4n) is 1.37. The summed E-state index contributed by atoms with van der Waals surface area (Å²) >= 11 is 0. The van der Waals surface area contributed by atoms with E-state index < -0.39 is 16.2 Å². The van der Waals surface area contributed by atoms with E-state index in [0.717, 1.165) is 6.20 Å². The minimum absolute atomic E-state index is 0.0581. The number of nitrogens with zero attached hydrogens (tertiary/aromatic N) is 3. The molecule has 9 heteroatoms. The van der Waals surface area contributed by atoms with Crippen LogP contribution in [0.5, 0.6) is 0 Å². The molecule has 2 heterocycles. The molecule has 2 aromatic rings. The fraction of sp³-hybridized carbons (Fsp3) is 0.125. The zero-order valence-electron chi connectivity index (χ0n) is 8.63. The van der Waals surface area contributed by atoms with E-state index in [4.69, 9.17) is 0 Å². The predicted octanol–water partition coefficient (Wildman–Crippen LogP) is -0.534. The van der Waals surface area contributed by atoms with Crippen LogP contribution in [0, 0.1) is 17.0 Å². The number of aryl methyl sites for hydroxylation is 1. The minimum atomic E-state index is -0.663.